The number of benzene rings is 1. The van der Waals surface area contributed by atoms with Gasteiger partial charge in [0.15, 0.2) is 0 Å². The Morgan fingerprint density at radius 1 is 1.37 bits per heavy atom. The summed E-state index contributed by atoms with van der Waals surface area (Å²) in [7, 11) is 1.55. The van der Waals surface area contributed by atoms with Gasteiger partial charge in [0.1, 0.15) is 16.0 Å². The molecule has 0 amide bonds. The molecule has 2 aromatic rings. The van der Waals surface area contributed by atoms with Crippen LogP contribution in [0.5, 0.6) is 5.75 Å². The summed E-state index contributed by atoms with van der Waals surface area (Å²) in [4.78, 5) is 25.3. The Kier molecular flexibility index (Phi) is 3.75. The zero-order valence-electron chi connectivity index (χ0n) is 10.1. The number of nitrogen functional groups attached to an aromatic ring is 1. The van der Waals surface area contributed by atoms with Gasteiger partial charge in [-0.25, -0.2) is 4.79 Å². The highest BCUT2D eigenvalue weighted by Crippen LogP contribution is 2.20. The van der Waals surface area contributed by atoms with Crippen LogP contribution in [0.25, 0.3) is 0 Å². The van der Waals surface area contributed by atoms with Crippen LogP contribution in [0.3, 0.4) is 0 Å². The first kappa shape index (κ1) is 13.4. The molecule has 0 radical (unpaired) electrons. The van der Waals surface area contributed by atoms with Gasteiger partial charge in [-0.1, -0.05) is 18.2 Å². The summed E-state index contributed by atoms with van der Waals surface area (Å²) in [5.41, 5.74) is 5.47. The number of nitrogens with two attached hydrogens (primary N) is 1. The van der Waals surface area contributed by atoms with Crippen molar-refractivity contribution in [2.45, 2.75) is 6.54 Å². The van der Waals surface area contributed by atoms with Crippen molar-refractivity contribution in [2.75, 3.05) is 12.8 Å². The number of H-pyrrole nitrogens is 1. The van der Waals surface area contributed by atoms with E-state index in [1.165, 1.54) is 4.57 Å². The zero-order chi connectivity index (χ0) is 14.0. The Hall–Kier alpha value is -2.02. The van der Waals surface area contributed by atoms with E-state index in [9.17, 15) is 9.59 Å². The van der Waals surface area contributed by atoms with Crippen molar-refractivity contribution in [1.29, 1.82) is 0 Å². The molecule has 0 fully saturated rings. The van der Waals surface area contributed by atoms with E-state index in [0.717, 1.165) is 5.56 Å². The largest absolute Gasteiger partial charge is 0.496 e. The maximum Gasteiger partial charge on any atom is 0.330 e. The summed E-state index contributed by atoms with van der Waals surface area (Å²) in [6.07, 6.45) is 0. The predicted molar refractivity (Wildman–Crippen MR) is 75.5 cm³/mol. The van der Waals surface area contributed by atoms with Crippen LogP contribution in [0.2, 0.25) is 0 Å². The molecular weight excluding hydrogens is 314 g/mol. The fraction of sp³-hybridized carbons (Fsp3) is 0.167. The topological polar surface area (TPSA) is 90.1 Å². The SMILES string of the molecule is COc1ccccc1Cn1c(N)c(Br)c(=O)[nH]c1=O. The molecule has 0 bridgehead atoms. The third-order valence-electron chi connectivity index (χ3n) is 2.70. The van der Waals surface area contributed by atoms with Crippen LogP contribution >= 0.6 is 15.9 Å². The van der Waals surface area contributed by atoms with E-state index in [1.807, 2.05) is 18.2 Å². The van der Waals surface area contributed by atoms with Gasteiger partial charge < -0.3 is 10.5 Å². The van der Waals surface area contributed by atoms with Crippen molar-refractivity contribution < 1.29 is 4.74 Å². The molecule has 3 N–H and O–H groups in total. The third kappa shape index (κ3) is 2.55. The lowest BCUT2D eigenvalue weighted by Gasteiger charge is -2.12. The Morgan fingerprint density at radius 2 is 2.05 bits per heavy atom. The maximum atomic E-state index is 11.8. The molecule has 0 aliphatic rings. The van der Waals surface area contributed by atoms with Gasteiger partial charge in [0.25, 0.3) is 5.56 Å². The third-order valence-corrected chi connectivity index (χ3v) is 3.47. The minimum Gasteiger partial charge on any atom is -0.496 e. The predicted octanol–water partition coefficient (Wildman–Crippen LogP) is 0.938. The van der Waals surface area contributed by atoms with Crippen molar-refractivity contribution in [3.63, 3.8) is 0 Å². The molecule has 0 aliphatic carbocycles. The van der Waals surface area contributed by atoms with Gasteiger partial charge in [-0.15, -0.1) is 0 Å². The molecule has 0 atom stereocenters. The van der Waals surface area contributed by atoms with Crippen LogP contribution in [0.15, 0.2) is 38.3 Å². The summed E-state index contributed by atoms with van der Waals surface area (Å²) in [5.74, 6) is 0.732. The number of ether oxygens (including phenoxy) is 1. The number of aromatic amines is 1. The van der Waals surface area contributed by atoms with Crippen molar-refractivity contribution in [3.05, 3.63) is 55.1 Å². The molecule has 0 spiro atoms. The van der Waals surface area contributed by atoms with Gasteiger partial charge >= 0.3 is 5.69 Å². The molecule has 0 saturated heterocycles. The normalized spacial score (nSPS) is 10.4. The molecule has 100 valence electrons. The fourth-order valence-corrected chi connectivity index (χ4v) is 2.04. The Morgan fingerprint density at radius 3 is 2.74 bits per heavy atom. The average molecular weight is 326 g/mol. The van der Waals surface area contributed by atoms with Crippen LogP contribution in [0.1, 0.15) is 5.56 Å². The standard InChI is InChI=1S/C12H12BrN3O3/c1-19-8-5-3-2-4-7(8)6-16-10(14)9(13)11(17)15-12(16)18/h2-5H,6,14H2,1H3,(H,15,17,18). The molecule has 2 rings (SSSR count). The van der Waals surface area contributed by atoms with E-state index >= 15 is 0 Å². The van der Waals surface area contributed by atoms with Crippen LogP contribution in [0, 0.1) is 0 Å². The number of nitrogens with zero attached hydrogens (tertiary/aromatic N) is 1. The van der Waals surface area contributed by atoms with Crippen molar-refractivity contribution >= 4 is 21.7 Å². The first-order valence-corrected chi connectivity index (χ1v) is 6.24. The van der Waals surface area contributed by atoms with E-state index in [-0.39, 0.29) is 16.8 Å². The molecule has 1 aromatic heterocycles. The van der Waals surface area contributed by atoms with Crippen molar-refractivity contribution in [2.24, 2.45) is 0 Å². The number of nitrogens with one attached hydrogen (secondary N) is 1. The van der Waals surface area contributed by atoms with Gasteiger partial charge in [0, 0.05) is 5.56 Å². The molecule has 0 unspecified atom stereocenters. The monoisotopic (exact) mass is 325 g/mol. The van der Waals surface area contributed by atoms with Crippen LogP contribution in [-0.4, -0.2) is 16.7 Å². The first-order chi connectivity index (χ1) is 9.04. The summed E-state index contributed by atoms with van der Waals surface area (Å²) in [6.45, 7) is 0.212. The van der Waals surface area contributed by atoms with Gasteiger partial charge in [0.2, 0.25) is 0 Å². The summed E-state index contributed by atoms with van der Waals surface area (Å²) in [6, 6.07) is 7.28. The molecule has 19 heavy (non-hydrogen) atoms. The molecule has 7 heteroatoms. The summed E-state index contributed by atoms with van der Waals surface area (Å²) < 4.78 is 6.62. The molecule has 0 saturated carbocycles. The average Bonchev–Trinajstić information content (AvgIpc) is 2.41. The number of methoxy groups -OCH3 is 1. The number of para-hydroxylation sites is 1. The highest BCUT2D eigenvalue weighted by atomic mass is 79.9. The minimum absolute atomic E-state index is 0.0830. The highest BCUT2D eigenvalue weighted by Gasteiger charge is 2.11. The van der Waals surface area contributed by atoms with Gasteiger partial charge in [0.05, 0.1) is 13.7 Å². The van der Waals surface area contributed by atoms with E-state index in [4.69, 9.17) is 10.5 Å². The highest BCUT2D eigenvalue weighted by molar-refractivity contribution is 9.10. The molecule has 1 heterocycles. The maximum absolute atomic E-state index is 11.8. The first-order valence-electron chi connectivity index (χ1n) is 5.44. The van der Waals surface area contributed by atoms with Gasteiger partial charge in [-0.05, 0) is 22.0 Å². The smallest absolute Gasteiger partial charge is 0.330 e. The summed E-state index contributed by atoms with van der Waals surface area (Å²) >= 11 is 3.05. The Balaban J connectivity index is 2.53. The quantitative estimate of drug-likeness (QED) is 0.878. The van der Waals surface area contributed by atoms with Crippen LogP contribution in [-0.2, 0) is 6.54 Å². The summed E-state index contributed by atoms with van der Waals surface area (Å²) in [5, 5.41) is 0. The lowest BCUT2D eigenvalue weighted by atomic mass is 10.2. The number of aromatic nitrogens is 2. The van der Waals surface area contributed by atoms with E-state index in [0.29, 0.717) is 5.75 Å². The second-order valence-corrected chi connectivity index (χ2v) is 4.65. The lowest BCUT2D eigenvalue weighted by molar-refractivity contribution is 0.408. The molecule has 6 nitrogen and oxygen atoms in total. The number of rotatable bonds is 3. The fourth-order valence-electron chi connectivity index (χ4n) is 1.72. The minimum atomic E-state index is -0.559. The molecule has 1 aromatic carbocycles. The lowest BCUT2D eigenvalue weighted by Crippen LogP contribution is -2.33. The second kappa shape index (κ2) is 5.31. The van der Waals surface area contributed by atoms with E-state index < -0.39 is 11.2 Å². The van der Waals surface area contributed by atoms with Crippen LogP contribution < -0.4 is 21.7 Å². The van der Waals surface area contributed by atoms with Crippen molar-refractivity contribution in [3.8, 4) is 5.75 Å². The second-order valence-electron chi connectivity index (χ2n) is 3.86. The number of hydrogen-bond donors (Lipinski definition) is 2. The molecular formula is C12H12BrN3O3. The van der Waals surface area contributed by atoms with E-state index in [2.05, 4.69) is 20.9 Å². The van der Waals surface area contributed by atoms with Crippen molar-refractivity contribution in [1.82, 2.24) is 9.55 Å². The van der Waals surface area contributed by atoms with Gasteiger partial charge in [-0.3, -0.25) is 14.3 Å². The number of anilines is 1. The van der Waals surface area contributed by atoms with Gasteiger partial charge in [-0.2, -0.15) is 0 Å². The van der Waals surface area contributed by atoms with E-state index in [1.54, 1.807) is 13.2 Å². The Labute approximate surface area is 117 Å². The zero-order valence-corrected chi connectivity index (χ0v) is 11.7. The number of hydrogen-bond acceptors (Lipinski definition) is 4. The van der Waals surface area contributed by atoms with Crippen LogP contribution in [0.4, 0.5) is 5.82 Å². The molecule has 0 aliphatic heterocycles. The number of halogens is 1. The Bertz CT molecular complexity index is 721.